The molecule has 0 fully saturated rings. The Hall–Kier alpha value is -2.15. The summed E-state index contributed by atoms with van der Waals surface area (Å²) >= 11 is 0. The maximum atomic E-state index is 10.8. The molecule has 0 spiro atoms. The number of anilines is 1. The summed E-state index contributed by atoms with van der Waals surface area (Å²) in [5.41, 5.74) is 0.0725. The second-order valence-electron chi connectivity index (χ2n) is 3.57. The van der Waals surface area contributed by atoms with Crippen molar-refractivity contribution in [3.05, 3.63) is 33.9 Å². The third-order valence-corrected chi connectivity index (χ3v) is 2.28. The van der Waals surface area contributed by atoms with Gasteiger partial charge in [-0.25, -0.2) is 4.79 Å². The fraction of sp³-hybridized carbons (Fsp3) is 0.364. The Labute approximate surface area is 104 Å². The van der Waals surface area contributed by atoms with Crippen LogP contribution in [0.3, 0.4) is 0 Å². The standard InChI is InChI=1S/C11H14N2O5/c1-18-6-2-5-12-9-7-8(11(14)15)3-4-10(9)13(16)17/h3-4,7,12H,2,5-6H2,1H3,(H,14,15). The molecule has 0 aliphatic heterocycles. The maximum absolute atomic E-state index is 10.8. The summed E-state index contributed by atoms with van der Waals surface area (Å²) in [7, 11) is 1.56. The van der Waals surface area contributed by atoms with E-state index in [1.807, 2.05) is 0 Å². The normalized spacial score (nSPS) is 10.1. The number of hydrogen-bond acceptors (Lipinski definition) is 5. The molecule has 0 bridgehead atoms. The first-order valence-electron chi connectivity index (χ1n) is 5.30. The highest BCUT2D eigenvalue weighted by atomic mass is 16.6. The molecule has 0 aliphatic carbocycles. The van der Waals surface area contributed by atoms with Crippen molar-refractivity contribution in [2.24, 2.45) is 0 Å². The van der Waals surface area contributed by atoms with Crippen LogP contribution >= 0.6 is 0 Å². The second kappa shape index (κ2) is 6.55. The number of methoxy groups -OCH3 is 1. The van der Waals surface area contributed by atoms with E-state index in [0.29, 0.717) is 19.6 Å². The van der Waals surface area contributed by atoms with Crippen molar-refractivity contribution in [3.8, 4) is 0 Å². The van der Waals surface area contributed by atoms with E-state index in [4.69, 9.17) is 9.84 Å². The second-order valence-corrected chi connectivity index (χ2v) is 3.57. The number of benzene rings is 1. The highest BCUT2D eigenvalue weighted by molar-refractivity contribution is 5.90. The lowest BCUT2D eigenvalue weighted by Gasteiger charge is -2.07. The van der Waals surface area contributed by atoms with E-state index >= 15 is 0 Å². The quantitative estimate of drug-likeness (QED) is 0.436. The minimum atomic E-state index is -1.12. The molecule has 0 aromatic heterocycles. The lowest BCUT2D eigenvalue weighted by Crippen LogP contribution is -2.08. The van der Waals surface area contributed by atoms with Gasteiger partial charge in [-0.15, -0.1) is 0 Å². The van der Waals surface area contributed by atoms with E-state index in [2.05, 4.69) is 5.32 Å². The molecule has 7 heteroatoms. The van der Waals surface area contributed by atoms with Crippen LogP contribution in [-0.2, 0) is 4.74 Å². The third-order valence-electron chi connectivity index (χ3n) is 2.28. The van der Waals surface area contributed by atoms with Gasteiger partial charge in [0, 0.05) is 26.3 Å². The molecule has 7 nitrogen and oxygen atoms in total. The zero-order chi connectivity index (χ0) is 13.5. The molecule has 0 unspecified atom stereocenters. The van der Waals surface area contributed by atoms with Crippen LogP contribution in [0.1, 0.15) is 16.8 Å². The summed E-state index contributed by atoms with van der Waals surface area (Å²) in [6.45, 7) is 0.997. The van der Waals surface area contributed by atoms with E-state index in [0.717, 1.165) is 0 Å². The molecule has 0 amide bonds. The average Bonchev–Trinajstić information content (AvgIpc) is 2.34. The Morgan fingerprint density at radius 2 is 2.28 bits per heavy atom. The Morgan fingerprint density at radius 3 is 2.83 bits per heavy atom. The van der Waals surface area contributed by atoms with Gasteiger partial charge in [-0.2, -0.15) is 0 Å². The molecule has 1 aromatic rings. The summed E-state index contributed by atoms with van der Waals surface area (Å²) in [6, 6.07) is 3.65. The highest BCUT2D eigenvalue weighted by Gasteiger charge is 2.15. The van der Waals surface area contributed by atoms with Gasteiger partial charge in [0.25, 0.3) is 5.69 Å². The molecule has 0 atom stereocenters. The van der Waals surface area contributed by atoms with Gasteiger partial charge >= 0.3 is 5.97 Å². The van der Waals surface area contributed by atoms with Crippen LogP contribution < -0.4 is 5.32 Å². The van der Waals surface area contributed by atoms with Gasteiger partial charge in [0.1, 0.15) is 5.69 Å². The number of carbonyl (C=O) groups is 1. The molecule has 0 aliphatic rings. The molecule has 0 heterocycles. The summed E-state index contributed by atoms with van der Waals surface area (Å²) in [5.74, 6) is -1.12. The van der Waals surface area contributed by atoms with E-state index in [1.54, 1.807) is 7.11 Å². The van der Waals surface area contributed by atoms with Gasteiger partial charge in [0.05, 0.1) is 10.5 Å². The fourth-order valence-electron chi connectivity index (χ4n) is 1.41. The number of rotatable bonds is 7. The lowest BCUT2D eigenvalue weighted by molar-refractivity contribution is -0.384. The molecule has 0 saturated carbocycles. The van der Waals surface area contributed by atoms with Gasteiger partial charge in [0.2, 0.25) is 0 Å². The Kier molecular flexibility index (Phi) is 5.06. The van der Waals surface area contributed by atoms with Crippen molar-refractivity contribution >= 4 is 17.3 Å². The molecule has 0 radical (unpaired) electrons. The van der Waals surface area contributed by atoms with E-state index in [9.17, 15) is 14.9 Å². The lowest BCUT2D eigenvalue weighted by atomic mass is 10.1. The first-order chi connectivity index (χ1) is 8.56. The summed E-state index contributed by atoms with van der Waals surface area (Å²) in [5, 5.41) is 22.5. The topological polar surface area (TPSA) is 102 Å². The maximum Gasteiger partial charge on any atom is 0.335 e. The summed E-state index contributed by atoms with van der Waals surface area (Å²) in [6.07, 6.45) is 0.672. The zero-order valence-electron chi connectivity index (χ0n) is 9.88. The van der Waals surface area contributed by atoms with E-state index in [-0.39, 0.29) is 16.9 Å². The minimum absolute atomic E-state index is 0.00911. The first-order valence-corrected chi connectivity index (χ1v) is 5.30. The SMILES string of the molecule is COCCCNc1cc(C(=O)O)ccc1[N+](=O)[O-]. The number of nitro benzene ring substituents is 1. The van der Waals surface area contributed by atoms with E-state index in [1.165, 1.54) is 18.2 Å². The van der Waals surface area contributed by atoms with Gasteiger partial charge in [-0.1, -0.05) is 0 Å². The number of hydrogen-bond donors (Lipinski definition) is 2. The third kappa shape index (κ3) is 3.70. The van der Waals surface area contributed by atoms with Crippen molar-refractivity contribution in [1.82, 2.24) is 0 Å². The number of nitro groups is 1. The molecule has 98 valence electrons. The molecule has 18 heavy (non-hydrogen) atoms. The molecular weight excluding hydrogens is 240 g/mol. The monoisotopic (exact) mass is 254 g/mol. The molecule has 0 saturated heterocycles. The number of carboxylic acids is 1. The van der Waals surface area contributed by atoms with E-state index < -0.39 is 10.9 Å². The highest BCUT2D eigenvalue weighted by Crippen LogP contribution is 2.25. The van der Waals surface area contributed by atoms with Crippen LogP contribution in [0.5, 0.6) is 0 Å². The first kappa shape index (κ1) is 13.9. The number of nitrogens with zero attached hydrogens (tertiary/aromatic N) is 1. The van der Waals surface area contributed by atoms with Gasteiger partial charge in [-0.05, 0) is 18.6 Å². The zero-order valence-corrected chi connectivity index (χ0v) is 9.88. The predicted molar refractivity (Wildman–Crippen MR) is 65.0 cm³/mol. The molecule has 1 rings (SSSR count). The van der Waals surface area contributed by atoms with Crippen molar-refractivity contribution in [3.63, 3.8) is 0 Å². The molecular formula is C11H14N2O5. The smallest absolute Gasteiger partial charge is 0.335 e. The number of aromatic carboxylic acids is 1. The fourth-order valence-corrected chi connectivity index (χ4v) is 1.41. The van der Waals surface area contributed by atoms with Crippen LogP contribution in [0, 0.1) is 10.1 Å². The predicted octanol–water partition coefficient (Wildman–Crippen LogP) is 1.74. The van der Waals surface area contributed by atoms with Crippen LogP contribution in [-0.4, -0.2) is 36.3 Å². The van der Waals surface area contributed by atoms with Crippen molar-refractivity contribution in [1.29, 1.82) is 0 Å². The molecule has 1 aromatic carbocycles. The van der Waals surface area contributed by atoms with Crippen molar-refractivity contribution in [2.75, 3.05) is 25.6 Å². The Bertz CT molecular complexity index is 447. The van der Waals surface area contributed by atoms with Gasteiger partial charge in [0.15, 0.2) is 0 Å². The average molecular weight is 254 g/mol. The number of nitrogens with one attached hydrogen (secondary N) is 1. The summed E-state index contributed by atoms with van der Waals surface area (Å²) < 4.78 is 4.85. The largest absolute Gasteiger partial charge is 0.478 e. The van der Waals surface area contributed by atoms with Gasteiger partial charge < -0.3 is 15.2 Å². The minimum Gasteiger partial charge on any atom is -0.478 e. The van der Waals surface area contributed by atoms with Crippen LogP contribution in [0.15, 0.2) is 18.2 Å². The van der Waals surface area contributed by atoms with Crippen molar-refractivity contribution in [2.45, 2.75) is 6.42 Å². The Morgan fingerprint density at radius 1 is 1.56 bits per heavy atom. The van der Waals surface area contributed by atoms with Crippen LogP contribution in [0.4, 0.5) is 11.4 Å². The Balaban J connectivity index is 2.86. The van der Waals surface area contributed by atoms with Gasteiger partial charge in [-0.3, -0.25) is 10.1 Å². The molecule has 2 N–H and O–H groups in total. The van der Waals surface area contributed by atoms with Crippen LogP contribution in [0.2, 0.25) is 0 Å². The van der Waals surface area contributed by atoms with Crippen molar-refractivity contribution < 1.29 is 19.6 Å². The van der Waals surface area contributed by atoms with Crippen LogP contribution in [0.25, 0.3) is 0 Å². The summed E-state index contributed by atoms with van der Waals surface area (Å²) in [4.78, 5) is 21.0. The number of ether oxygens (including phenoxy) is 1. The number of carboxylic acid groups (broad SMARTS) is 1.